The number of methoxy groups -OCH3 is 1. The van der Waals surface area contributed by atoms with Crippen LogP contribution in [0.25, 0.3) is 11.3 Å². The second-order valence-electron chi connectivity index (χ2n) is 7.53. The van der Waals surface area contributed by atoms with E-state index in [9.17, 15) is 4.79 Å². The van der Waals surface area contributed by atoms with Gasteiger partial charge in [0.15, 0.2) is 0 Å². The summed E-state index contributed by atoms with van der Waals surface area (Å²) in [5.41, 5.74) is 3.38. The third-order valence-electron chi connectivity index (χ3n) is 5.63. The Kier molecular flexibility index (Phi) is 6.14. The van der Waals surface area contributed by atoms with Gasteiger partial charge in [-0.3, -0.25) is 9.48 Å². The Morgan fingerprint density at radius 1 is 1.03 bits per heavy atom. The van der Waals surface area contributed by atoms with E-state index < -0.39 is 0 Å². The van der Waals surface area contributed by atoms with Gasteiger partial charge < -0.3 is 14.5 Å². The maximum Gasteiger partial charge on any atom is 0.257 e. The van der Waals surface area contributed by atoms with Crippen molar-refractivity contribution < 1.29 is 9.53 Å². The summed E-state index contributed by atoms with van der Waals surface area (Å²) in [7, 11) is 1.65. The van der Waals surface area contributed by atoms with Crippen LogP contribution in [0.4, 0.5) is 0 Å². The van der Waals surface area contributed by atoms with E-state index in [2.05, 4.69) is 24.0 Å². The molecule has 30 heavy (non-hydrogen) atoms. The maximum absolute atomic E-state index is 13.4. The van der Waals surface area contributed by atoms with E-state index in [-0.39, 0.29) is 5.91 Å². The summed E-state index contributed by atoms with van der Waals surface area (Å²) in [6, 6.07) is 17.9. The normalized spacial score (nSPS) is 14.7. The number of aromatic nitrogens is 2. The first-order chi connectivity index (χ1) is 14.7. The van der Waals surface area contributed by atoms with Crippen molar-refractivity contribution in [2.24, 2.45) is 0 Å². The third kappa shape index (κ3) is 4.39. The maximum atomic E-state index is 13.4. The molecule has 1 amide bonds. The summed E-state index contributed by atoms with van der Waals surface area (Å²) in [5, 5.41) is 4.80. The number of benzene rings is 2. The molecule has 1 aliphatic heterocycles. The lowest BCUT2D eigenvalue weighted by molar-refractivity contribution is 0.0644. The van der Waals surface area contributed by atoms with Crippen molar-refractivity contribution in [3.63, 3.8) is 0 Å². The second-order valence-corrected chi connectivity index (χ2v) is 7.53. The topological polar surface area (TPSA) is 50.6 Å². The molecule has 0 saturated carbocycles. The summed E-state index contributed by atoms with van der Waals surface area (Å²) < 4.78 is 7.24. The molecule has 0 spiro atoms. The number of piperazine rings is 1. The van der Waals surface area contributed by atoms with Gasteiger partial charge in [0.25, 0.3) is 5.91 Å². The molecule has 3 aromatic rings. The highest BCUT2D eigenvalue weighted by atomic mass is 16.5. The van der Waals surface area contributed by atoms with Crippen molar-refractivity contribution in [1.82, 2.24) is 19.6 Å². The van der Waals surface area contributed by atoms with Crippen LogP contribution in [0.1, 0.15) is 22.8 Å². The minimum atomic E-state index is 0.0443. The Morgan fingerprint density at radius 2 is 1.80 bits per heavy atom. The van der Waals surface area contributed by atoms with Gasteiger partial charge in [0.1, 0.15) is 11.4 Å². The summed E-state index contributed by atoms with van der Waals surface area (Å²) in [5.74, 6) is 0.794. The Labute approximate surface area is 177 Å². The van der Waals surface area contributed by atoms with Gasteiger partial charge in [-0.05, 0) is 24.2 Å². The Balaban J connectivity index is 1.67. The largest absolute Gasteiger partial charge is 0.497 e. The minimum absolute atomic E-state index is 0.0443. The van der Waals surface area contributed by atoms with E-state index in [0.717, 1.165) is 49.6 Å². The van der Waals surface area contributed by atoms with E-state index in [4.69, 9.17) is 9.84 Å². The number of hydrogen-bond acceptors (Lipinski definition) is 4. The molecule has 4 rings (SSSR count). The number of ether oxygens (including phenoxy) is 1. The first-order valence-corrected chi connectivity index (χ1v) is 10.5. The molecule has 0 bridgehead atoms. The monoisotopic (exact) mass is 404 g/mol. The predicted molar refractivity (Wildman–Crippen MR) is 118 cm³/mol. The first-order valence-electron chi connectivity index (χ1n) is 10.5. The average molecular weight is 405 g/mol. The average Bonchev–Trinajstić information content (AvgIpc) is 3.23. The fourth-order valence-electron chi connectivity index (χ4n) is 3.85. The second kappa shape index (κ2) is 9.13. The lowest BCUT2D eigenvalue weighted by atomic mass is 10.1. The molecule has 0 atom stereocenters. The SMILES string of the molecule is CCN1CCN(C(=O)c2cn(Cc3ccccc3)nc2-c2cccc(OC)c2)CC1. The molecule has 1 aromatic heterocycles. The quantitative estimate of drug-likeness (QED) is 0.632. The van der Waals surface area contributed by atoms with Crippen LogP contribution in [0.3, 0.4) is 0 Å². The molecule has 0 N–H and O–H groups in total. The third-order valence-corrected chi connectivity index (χ3v) is 5.63. The van der Waals surface area contributed by atoms with Crippen molar-refractivity contribution in [2.75, 3.05) is 39.8 Å². The van der Waals surface area contributed by atoms with Gasteiger partial charge in [0, 0.05) is 37.9 Å². The molecule has 2 aromatic carbocycles. The number of likely N-dealkylation sites (N-methyl/N-ethyl adjacent to an activating group) is 1. The standard InChI is InChI=1S/C24H28N4O2/c1-3-26-12-14-27(15-13-26)24(29)22-18-28(17-19-8-5-4-6-9-19)25-23(22)20-10-7-11-21(16-20)30-2/h4-11,16,18H,3,12-15,17H2,1-2H3. The smallest absolute Gasteiger partial charge is 0.257 e. The molecule has 0 unspecified atom stereocenters. The summed E-state index contributed by atoms with van der Waals surface area (Å²) in [4.78, 5) is 17.7. The molecular weight excluding hydrogens is 376 g/mol. The van der Waals surface area contributed by atoms with E-state index in [0.29, 0.717) is 17.8 Å². The first kappa shape index (κ1) is 20.2. The molecule has 1 fully saturated rings. The fourth-order valence-corrected chi connectivity index (χ4v) is 3.85. The molecule has 0 radical (unpaired) electrons. The van der Waals surface area contributed by atoms with E-state index in [1.54, 1.807) is 7.11 Å². The molecule has 156 valence electrons. The van der Waals surface area contributed by atoms with E-state index in [1.165, 1.54) is 0 Å². The van der Waals surface area contributed by atoms with Crippen LogP contribution in [0.15, 0.2) is 60.8 Å². The van der Waals surface area contributed by atoms with Gasteiger partial charge in [-0.2, -0.15) is 5.10 Å². The van der Waals surface area contributed by atoms with E-state index in [1.807, 2.05) is 58.2 Å². The molecule has 0 aliphatic carbocycles. The Bertz CT molecular complexity index is 991. The van der Waals surface area contributed by atoms with Crippen LogP contribution < -0.4 is 4.74 Å². The Morgan fingerprint density at radius 3 is 2.50 bits per heavy atom. The summed E-state index contributed by atoms with van der Waals surface area (Å²) >= 11 is 0. The number of carbonyl (C=O) groups excluding carboxylic acids is 1. The Hall–Kier alpha value is -3.12. The number of hydrogen-bond donors (Lipinski definition) is 0. The molecule has 1 aliphatic rings. The predicted octanol–water partition coefficient (Wildman–Crippen LogP) is 3.38. The van der Waals surface area contributed by atoms with Crippen molar-refractivity contribution in [1.29, 1.82) is 0 Å². The van der Waals surface area contributed by atoms with Crippen LogP contribution >= 0.6 is 0 Å². The van der Waals surface area contributed by atoms with Crippen molar-refractivity contribution in [3.05, 3.63) is 71.9 Å². The number of nitrogens with zero attached hydrogens (tertiary/aromatic N) is 4. The van der Waals surface area contributed by atoms with Gasteiger partial charge in [-0.15, -0.1) is 0 Å². The van der Waals surface area contributed by atoms with Crippen LogP contribution in [0, 0.1) is 0 Å². The molecule has 2 heterocycles. The lowest BCUT2D eigenvalue weighted by Crippen LogP contribution is -2.48. The van der Waals surface area contributed by atoms with Gasteiger partial charge in [-0.25, -0.2) is 0 Å². The highest BCUT2D eigenvalue weighted by Gasteiger charge is 2.26. The van der Waals surface area contributed by atoms with Gasteiger partial charge in [0.2, 0.25) is 0 Å². The zero-order chi connectivity index (χ0) is 20.9. The lowest BCUT2D eigenvalue weighted by Gasteiger charge is -2.34. The molecular formula is C24H28N4O2. The number of rotatable bonds is 6. The highest BCUT2D eigenvalue weighted by molar-refractivity contribution is 6.00. The van der Waals surface area contributed by atoms with Crippen molar-refractivity contribution in [3.8, 4) is 17.0 Å². The minimum Gasteiger partial charge on any atom is -0.497 e. The van der Waals surface area contributed by atoms with Crippen molar-refractivity contribution >= 4 is 5.91 Å². The van der Waals surface area contributed by atoms with Crippen LogP contribution in [0.2, 0.25) is 0 Å². The van der Waals surface area contributed by atoms with Crippen LogP contribution in [-0.2, 0) is 6.54 Å². The van der Waals surface area contributed by atoms with Gasteiger partial charge >= 0.3 is 0 Å². The summed E-state index contributed by atoms with van der Waals surface area (Å²) in [6.45, 7) is 7.11. The highest BCUT2D eigenvalue weighted by Crippen LogP contribution is 2.27. The molecule has 6 nitrogen and oxygen atoms in total. The van der Waals surface area contributed by atoms with Gasteiger partial charge in [-0.1, -0.05) is 49.4 Å². The molecule has 6 heteroatoms. The van der Waals surface area contributed by atoms with Crippen LogP contribution in [-0.4, -0.2) is 65.3 Å². The zero-order valence-corrected chi connectivity index (χ0v) is 17.6. The zero-order valence-electron chi connectivity index (χ0n) is 17.6. The van der Waals surface area contributed by atoms with Crippen LogP contribution in [0.5, 0.6) is 5.75 Å². The number of amides is 1. The van der Waals surface area contributed by atoms with Crippen molar-refractivity contribution in [2.45, 2.75) is 13.5 Å². The van der Waals surface area contributed by atoms with Gasteiger partial charge in [0.05, 0.1) is 19.2 Å². The van der Waals surface area contributed by atoms with E-state index >= 15 is 0 Å². The molecule has 1 saturated heterocycles. The number of carbonyl (C=O) groups is 1. The fraction of sp³-hybridized carbons (Fsp3) is 0.333. The summed E-state index contributed by atoms with van der Waals surface area (Å²) in [6.07, 6.45) is 1.89.